The van der Waals surface area contributed by atoms with Gasteiger partial charge in [-0.25, -0.2) is 15.0 Å². The first kappa shape index (κ1) is 22.2. The molecule has 4 aromatic rings. The summed E-state index contributed by atoms with van der Waals surface area (Å²) in [5.41, 5.74) is 4.18. The molecule has 2 saturated heterocycles. The average Bonchev–Trinajstić information content (AvgIpc) is 3.57. The molecule has 3 N–H and O–H groups in total. The van der Waals surface area contributed by atoms with Gasteiger partial charge in [0, 0.05) is 61.9 Å². The van der Waals surface area contributed by atoms with Crippen LogP contribution in [0.15, 0.2) is 54.0 Å². The van der Waals surface area contributed by atoms with Crippen molar-refractivity contribution >= 4 is 44.6 Å². The molecule has 180 valence electrons. The van der Waals surface area contributed by atoms with Crippen LogP contribution in [0.1, 0.15) is 6.42 Å². The maximum absolute atomic E-state index is 4.93. The van der Waals surface area contributed by atoms with Gasteiger partial charge in [-0.15, -0.1) is 11.3 Å². The van der Waals surface area contributed by atoms with E-state index in [0.717, 1.165) is 78.8 Å². The first-order valence-electron chi connectivity index (χ1n) is 12.2. The Labute approximate surface area is 209 Å². The highest BCUT2D eigenvalue weighted by Crippen LogP contribution is 2.31. The van der Waals surface area contributed by atoms with Crippen LogP contribution in [0, 0.1) is 0 Å². The Morgan fingerprint density at radius 1 is 1.06 bits per heavy atom. The number of piperazine rings is 1. The topological polar surface area (TPSA) is 81.2 Å². The Hall–Kier alpha value is -3.27. The standard InChI is InChI=1S/C26H30N8S/c1-33-10-12-34(13-11-33)21-4-2-3-19(16-21)29-23-15-18(5-9-28-23)25-31-22-7-14-35-24(22)26(32-25)30-20-6-8-27-17-20/h2-5,7,9,14-16,20,27H,6,8,10-13,17H2,1H3,(H,28,29)(H,30,31,32). The van der Waals surface area contributed by atoms with Crippen molar-refractivity contribution in [3.05, 3.63) is 54.0 Å². The summed E-state index contributed by atoms with van der Waals surface area (Å²) >= 11 is 1.68. The Kier molecular flexibility index (Phi) is 6.20. The predicted octanol–water partition coefficient (Wildman–Crippen LogP) is 4.02. The number of pyridine rings is 1. The van der Waals surface area contributed by atoms with Crippen LogP contribution >= 0.6 is 11.3 Å². The highest BCUT2D eigenvalue weighted by atomic mass is 32.1. The molecule has 1 aromatic carbocycles. The lowest BCUT2D eigenvalue weighted by atomic mass is 10.2. The van der Waals surface area contributed by atoms with Crippen molar-refractivity contribution in [1.82, 2.24) is 25.2 Å². The van der Waals surface area contributed by atoms with Crippen LogP contribution in [-0.2, 0) is 0 Å². The highest BCUT2D eigenvalue weighted by molar-refractivity contribution is 7.17. The van der Waals surface area contributed by atoms with E-state index in [4.69, 9.17) is 9.97 Å². The molecule has 2 aliphatic heterocycles. The maximum Gasteiger partial charge on any atom is 0.162 e. The van der Waals surface area contributed by atoms with Gasteiger partial charge in [0.25, 0.3) is 0 Å². The van der Waals surface area contributed by atoms with E-state index >= 15 is 0 Å². The second-order valence-corrected chi connectivity index (χ2v) is 10.2. The van der Waals surface area contributed by atoms with Crippen LogP contribution in [0.2, 0.25) is 0 Å². The van der Waals surface area contributed by atoms with Gasteiger partial charge in [0.05, 0.1) is 10.2 Å². The lowest BCUT2D eigenvalue weighted by Gasteiger charge is -2.34. The molecule has 35 heavy (non-hydrogen) atoms. The van der Waals surface area contributed by atoms with Crippen LogP contribution in [0.3, 0.4) is 0 Å². The van der Waals surface area contributed by atoms with Crippen LogP contribution < -0.4 is 20.9 Å². The number of aromatic nitrogens is 3. The van der Waals surface area contributed by atoms with Gasteiger partial charge in [0.1, 0.15) is 11.6 Å². The van der Waals surface area contributed by atoms with E-state index in [1.165, 1.54) is 5.69 Å². The molecule has 0 spiro atoms. The molecule has 3 aromatic heterocycles. The molecule has 2 fully saturated rings. The summed E-state index contributed by atoms with van der Waals surface area (Å²) in [4.78, 5) is 19.1. The lowest BCUT2D eigenvalue weighted by Crippen LogP contribution is -2.44. The van der Waals surface area contributed by atoms with Gasteiger partial charge in [-0.2, -0.15) is 0 Å². The molecule has 2 aliphatic rings. The minimum Gasteiger partial charge on any atom is -0.369 e. The number of thiophene rings is 1. The summed E-state index contributed by atoms with van der Waals surface area (Å²) < 4.78 is 1.11. The Morgan fingerprint density at radius 3 is 2.83 bits per heavy atom. The number of hydrogen-bond acceptors (Lipinski definition) is 9. The average molecular weight is 487 g/mol. The molecular formula is C26H30N8S. The summed E-state index contributed by atoms with van der Waals surface area (Å²) in [6.45, 7) is 6.27. The Bertz CT molecular complexity index is 1310. The quantitative estimate of drug-likeness (QED) is 0.377. The van der Waals surface area contributed by atoms with E-state index in [2.05, 4.69) is 73.5 Å². The zero-order valence-electron chi connectivity index (χ0n) is 19.9. The van der Waals surface area contributed by atoms with Gasteiger partial charge >= 0.3 is 0 Å². The first-order chi connectivity index (χ1) is 17.2. The van der Waals surface area contributed by atoms with Crippen molar-refractivity contribution in [3.63, 3.8) is 0 Å². The van der Waals surface area contributed by atoms with E-state index in [9.17, 15) is 0 Å². The zero-order chi connectivity index (χ0) is 23.6. The van der Waals surface area contributed by atoms with Crippen molar-refractivity contribution in [2.75, 3.05) is 61.8 Å². The zero-order valence-corrected chi connectivity index (χ0v) is 20.7. The maximum atomic E-state index is 4.93. The molecule has 0 amide bonds. The highest BCUT2D eigenvalue weighted by Gasteiger charge is 2.18. The second-order valence-electron chi connectivity index (χ2n) is 9.26. The van der Waals surface area contributed by atoms with Crippen LogP contribution in [0.25, 0.3) is 21.6 Å². The van der Waals surface area contributed by atoms with Gasteiger partial charge in [0.2, 0.25) is 0 Å². The Morgan fingerprint density at radius 2 is 1.97 bits per heavy atom. The van der Waals surface area contributed by atoms with Crippen molar-refractivity contribution < 1.29 is 0 Å². The number of anilines is 4. The number of nitrogens with one attached hydrogen (secondary N) is 3. The fourth-order valence-corrected chi connectivity index (χ4v) is 5.48. The molecule has 6 rings (SSSR count). The molecular weight excluding hydrogens is 456 g/mol. The number of benzene rings is 1. The van der Waals surface area contributed by atoms with Gasteiger partial charge in [-0.05, 0) is 61.8 Å². The molecule has 0 saturated carbocycles. The SMILES string of the molecule is CN1CCN(c2cccc(Nc3cc(-c4nc(NC5CCNC5)c5sccc5n4)ccn3)c2)CC1. The first-order valence-corrected chi connectivity index (χ1v) is 13.1. The predicted molar refractivity (Wildman–Crippen MR) is 145 cm³/mol. The fraction of sp³-hybridized carbons (Fsp3) is 0.346. The summed E-state index contributed by atoms with van der Waals surface area (Å²) in [6.07, 6.45) is 2.92. The normalized spacial score (nSPS) is 18.8. The molecule has 9 heteroatoms. The van der Waals surface area contributed by atoms with Crippen molar-refractivity contribution in [3.8, 4) is 11.4 Å². The fourth-order valence-electron chi connectivity index (χ4n) is 4.69. The van der Waals surface area contributed by atoms with Gasteiger partial charge in [-0.3, -0.25) is 0 Å². The largest absolute Gasteiger partial charge is 0.369 e. The van der Waals surface area contributed by atoms with Crippen molar-refractivity contribution in [2.24, 2.45) is 0 Å². The molecule has 0 aliphatic carbocycles. The third-order valence-electron chi connectivity index (χ3n) is 6.71. The smallest absolute Gasteiger partial charge is 0.162 e. The summed E-state index contributed by atoms with van der Waals surface area (Å²) in [7, 11) is 2.18. The van der Waals surface area contributed by atoms with E-state index in [-0.39, 0.29) is 0 Å². The second kappa shape index (κ2) is 9.77. The molecule has 5 heterocycles. The molecule has 0 radical (unpaired) electrons. The monoisotopic (exact) mass is 486 g/mol. The number of likely N-dealkylation sites (N-methyl/N-ethyl adjacent to an activating group) is 1. The van der Waals surface area contributed by atoms with Crippen molar-refractivity contribution in [1.29, 1.82) is 0 Å². The summed E-state index contributed by atoms with van der Waals surface area (Å²) in [6, 6.07) is 15.0. The summed E-state index contributed by atoms with van der Waals surface area (Å²) in [5.74, 6) is 2.41. The molecule has 0 bridgehead atoms. The number of rotatable bonds is 6. The van der Waals surface area contributed by atoms with E-state index in [0.29, 0.717) is 11.9 Å². The lowest BCUT2D eigenvalue weighted by molar-refractivity contribution is 0.313. The van der Waals surface area contributed by atoms with Gasteiger partial charge < -0.3 is 25.8 Å². The molecule has 1 unspecified atom stereocenters. The van der Waals surface area contributed by atoms with E-state index in [1.807, 2.05) is 18.3 Å². The number of hydrogen-bond donors (Lipinski definition) is 3. The van der Waals surface area contributed by atoms with E-state index in [1.54, 1.807) is 11.3 Å². The molecule has 8 nitrogen and oxygen atoms in total. The minimum atomic E-state index is 0.394. The number of fused-ring (bicyclic) bond motifs is 1. The number of nitrogens with zero attached hydrogens (tertiary/aromatic N) is 5. The van der Waals surface area contributed by atoms with E-state index < -0.39 is 0 Å². The minimum absolute atomic E-state index is 0.394. The van der Waals surface area contributed by atoms with Crippen LogP contribution in [0.5, 0.6) is 0 Å². The third kappa shape index (κ3) is 4.93. The van der Waals surface area contributed by atoms with Crippen LogP contribution in [-0.4, -0.2) is 72.2 Å². The Balaban J connectivity index is 1.25. The van der Waals surface area contributed by atoms with Crippen LogP contribution in [0.4, 0.5) is 23.0 Å². The van der Waals surface area contributed by atoms with Crippen molar-refractivity contribution in [2.45, 2.75) is 12.5 Å². The van der Waals surface area contributed by atoms with Gasteiger partial charge in [0.15, 0.2) is 5.82 Å². The summed E-state index contributed by atoms with van der Waals surface area (Å²) in [5, 5.41) is 12.6. The molecule has 1 atom stereocenters. The van der Waals surface area contributed by atoms with Gasteiger partial charge in [-0.1, -0.05) is 6.07 Å². The third-order valence-corrected chi connectivity index (χ3v) is 7.62.